The fourth-order valence-corrected chi connectivity index (χ4v) is 3.87. The summed E-state index contributed by atoms with van der Waals surface area (Å²) in [5.74, 6) is -1.58. The Balaban J connectivity index is 0.00000133. The monoisotopic (exact) mass is 305 g/mol. The van der Waals surface area contributed by atoms with Crippen LogP contribution in [0.3, 0.4) is 0 Å². The van der Waals surface area contributed by atoms with E-state index in [2.05, 4.69) is 0 Å². The van der Waals surface area contributed by atoms with Gasteiger partial charge in [-0.2, -0.15) is 0 Å². The third kappa shape index (κ3) is 2.57. The third-order valence-electron chi connectivity index (χ3n) is 2.68. The molecule has 1 atom stereocenters. The van der Waals surface area contributed by atoms with Crippen LogP contribution in [0.2, 0.25) is 0 Å². The molecule has 0 N–H and O–H groups in total. The van der Waals surface area contributed by atoms with Gasteiger partial charge < -0.3 is 14.6 Å². The molecular weight excluding hydrogens is 297 g/mol. The Labute approximate surface area is 139 Å². The Bertz CT molecular complexity index is 583. The predicted octanol–water partition coefficient (Wildman–Crippen LogP) is -2.34. The molecule has 0 aliphatic carbocycles. The molecule has 2 aliphatic rings. The van der Waals surface area contributed by atoms with Crippen molar-refractivity contribution < 1.29 is 49.0 Å². The number of aryl methyl sites for hydroxylation is 1. The van der Waals surface area contributed by atoms with Gasteiger partial charge in [0.1, 0.15) is 5.70 Å². The Kier molecular flexibility index (Phi) is 4.32. The van der Waals surface area contributed by atoms with Gasteiger partial charge in [-0.1, -0.05) is 11.8 Å². The number of thioether (sulfide) groups is 1. The van der Waals surface area contributed by atoms with E-state index < -0.39 is 5.97 Å². The second kappa shape index (κ2) is 5.49. The number of carboxylic acids is 1. The number of rotatable bonds is 3. The van der Waals surface area contributed by atoms with Gasteiger partial charge in [0, 0.05) is 0 Å². The Morgan fingerprint density at radius 2 is 2.32 bits per heavy atom. The number of hydrogen-bond donors (Lipinski definition) is 0. The molecule has 1 aromatic rings. The largest absolute Gasteiger partial charge is 1.00 e. The zero-order chi connectivity index (χ0) is 12.9. The molecular formula is C11H8NNaO4S2. The number of β-lactam (4-membered cyclic amide) rings is 1. The fourth-order valence-electron chi connectivity index (χ4n) is 1.83. The molecule has 0 bridgehead atoms. The van der Waals surface area contributed by atoms with Crippen LogP contribution in [-0.2, 0) is 9.59 Å². The van der Waals surface area contributed by atoms with E-state index in [1.54, 1.807) is 0 Å². The van der Waals surface area contributed by atoms with E-state index in [9.17, 15) is 14.7 Å². The van der Waals surface area contributed by atoms with Crippen molar-refractivity contribution in [3.05, 3.63) is 27.8 Å². The van der Waals surface area contributed by atoms with E-state index in [1.165, 1.54) is 28.0 Å². The van der Waals surface area contributed by atoms with Crippen LogP contribution in [0.25, 0.3) is 0 Å². The second-order valence-electron chi connectivity index (χ2n) is 4.01. The molecule has 3 rings (SSSR count). The van der Waals surface area contributed by atoms with Gasteiger partial charge in [0.05, 0.1) is 17.8 Å². The molecule has 0 spiro atoms. The van der Waals surface area contributed by atoms with Crippen molar-refractivity contribution in [1.82, 2.24) is 4.90 Å². The summed E-state index contributed by atoms with van der Waals surface area (Å²) in [4.78, 5) is 23.7. The number of carbonyl (C=O) groups is 2. The molecule has 2 aliphatic heterocycles. The number of carboxylic acid groups (broad SMARTS) is 1. The molecule has 5 nitrogen and oxygen atoms in total. The third-order valence-corrected chi connectivity index (χ3v) is 4.74. The first-order valence-corrected chi connectivity index (χ1v) is 6.99. The maximum atomic E-state index is 11.4. The van der Waals surface area contributed by atoms with Gasteiger partial charge in [0.2, 0.25) is 5.91 Å². The summed E-state index contributed by atoms with van der Waals surface area (Å²) in [5, 5.41) is 13.7. The Hall–Kier alpha value is -0.470. The van der Waals surface area contributed by atoms with Crippen LogP contribution < -0.4 is 39.4 Å². The van der Waals surface area contributed by atoms with Gasteiger partial charge in [-0.15, -0.1) is 11.3 Å². The SMILES string of the molecule is Cc1csc(OC2=C(C(=O)[O-])N3C(=O)CC3S2)c1.[Na+]. The van der Waals surface area contributed by atoms with Crippen LogP contribution in [-0.4, -0.2) is 22.2 Å². The second-order valence-corrected chi connectivity index (χ2v) is 6.03. The van der Waals surface area contributed by atoms with E-state index in [1.807, 2.05) is 18.4 Å². The molecule has 1 aromatic heterocycles. The summed E-state index contributed by atoms with van der Waals surface area (Å²) in [7, 11) is 0. The average molecular weight is 305 g/mol. The van der Waals surface area contributed by atoms with Crippen LogP contribution in [0.5, 0.6) is 5.06 Å². The van der Waals surface area contributed by atoms with Crippen molar-refractivity contribution in [3.8, 4) is 5.06 Å². The van der Waals surface area contributed by atoms with E-state index in [0.717, 1.165) is 5.56 Å². The van der Waals surface area contributed by atoms with Crippen molar-refractivity contribution in [2.24, 2.45) is 0 Å². The first kappa shape index (κ1) is 14.9. The number of hydrogen-bond acceptors (Lipinski definition) is 6. The molecule has 1 saturated heterocycles. The summed E-state index contributed by atoms with van der Waals surface area (Å²) in [6.07, 6.45) is 0.345. The summed E-state index contributed by atoms with van der Waals surface area (Å²) in [6.45, 7) is 1.93. The maximum absolute atomic E-state index is 11.4. The van der Waals surface area contributed by atoms with Crippen LogP contribution in [0.4, 0.5) is 0 Å². The molecule has 1 unspecified atom stereocenters. The number of thiophene rings is 1. The first-order valence-electron chi connectivity index (χ1n) is 5.23. The predicted molar refractivity (Wildman–Crippen MR) is 64.6 cm³/mol. The van der Waals surface area contributed by atoms with Crippen LogP contribution in [0.15, 0.2) is 22.2 Å². The number of ether oxygens (including phenoxy) is 1. The quantitative estimate of drug-likeness (QED) is 0.462. The molecule has 1 amide bonds. The van der Waals surface area contributed by atoms with Gasteiger partial charge in [-0.3, -0.25) is 9.69 Å². The zero-order valence-corrected chi connectivity index (χ0v) is 14.0. The van der Waals surface area contributed by atoms with E-state index in [4.69, 9.17) is 4.74 Å². The average Bonchev–Trinajstić information content (AvgIpc) is 2.81. The van der Waals surface area contributed by atoms with Crippen molar-refractivity contribution in [3.63, 3.8) is 0 Å². The van der Waals surface area contributed by atoms with Crippen LogP contribution in [0.1, 0.15) is 12.0 Å². The standard InChI is InChI=1S/C11H9NO4S2.Na/c1-5-2-8(17-4-5)16-11-9(10(14)15)12-6(13)3-7(12)18-11;/h2,4,7H,3H2,1H3,(H,14,15);/q;+1/p-1. The van der Waals surface area contributed by atoms with Gasteiger partial charge in [0.15, 0.2) is 10.2 Å². The minimum atomic E-state index is -1.37. The first-order chi connectivity index (χ1) is 8.56. The molecule has 0 saturated carbocycles. The van der Waals surface area contributed by atoms with Crippen LogP contribution in [0, 0.1) is 6.92 Å². The fraction of sp³-hybridized carbons (Fsp3) is 0.273. The van der Waals surface area contributed by atoms with E-state index in [0.29, 0.717) is 11.5 Å². The van der Waals surface area contributed by atoms with Gasteiger partial charge in [-0.05, 0) is 23.9 Å². The number of amides is 1. The minimum Gasteiger partial charge on any atom is -0.543 e. The number of fused-ring (bicyclic) bond motifs is 1. The van der Waals surface area contributed by atoms with E-state index >= 15 is 0 Å². The summed E-state index contributed by atoms with van der Waals surface area (Å²) < 4.78 is 5.55. The van der Waals surface area contributed by atoms with Crippen molar-refractivity contribution in [2.75, 3.05) is 0 Å². The Morgan fingerprint density at radius 3 is 2.84 bits per heavy atom. The molecule has 19 heavy (non-hydrogen) atoms. The summed E-state index contributed by atoms with van der Waals surface area (Å²) in [6, 6.07) is 1.82. The molecule has 1 fully saturated rings. The minimum absolute atomic E-state index is 0. The van der Waals surface area contributed by atoms with E-state index in [-0.39, 0.29) is 51.6 Å². The topological polar surface area (TPSA) is 69.7 Å². The van der Waals surface area contributed by atoms with Gasteiger partial charge in [-0.25, -0.2) is 0 Å². The molecule has 3 heterocycles. The van der Waals surface area contributed by atoms with Gasteiger partial charge >= 0.3 is 29.6 Å². The van der Waals surface area contributed by atoms with Crippen molar-refractivity contribution in [2.45, 2.75) is 18.7 Å². The van der Waals surface area contributed by atoms with Gasteiger partial charge in [0.25, 0.3) is 0 Å². The maximum Gasteiger partial charge on any atom is 1.00 e. The molecule has 94 valence electrons. The Morgan fingerprint density at radius 1 is 1.58 bits per heavy atom. The molecule has 0 radical (unpaired) electrons. The molecule has 0 aromatic carbocycles. The normalized spacial score (nSPS) is 20.8. The zero-order valence-electron chi connectivity index (χ0n) is 10.3. The number of carbonyl (C=O) groups excluding carboxylic acids is 2. The summed E-state index contributed by atoms with van der Waals surface area (Å²) >= 11 is 2.64. The van der Waals surface area contributed by atoms with Crippen LogP contribution >= 0.6 is 23.1 Å². The number of nitrogens with zero attached hydrogens (tertiary/aromatic N) is 1. The summed E-state index contributed by atoms with van der Waals surface area (Å²) in [5.41, 5.74) is 0.903. The number of aliphatic carboxylic acids is 1. The van der Waals surface area contributed by atoms with Crippen molar-refractivity contribution in [1.29, 1.82) is 0 Å². The van der Waals surface area contributed by atoms with Crippen molar-refractivity contribution >= 4 is 35.0 Å². The molecule has 8 heteroatoms. The smallest absolute Gasteiger partial charge is 0.543 e.